The molecule has 0 radical (unpaired) electrons. The Kier molecular flexibility index (Phi) is 4.76. The molecule has 5 nitrogen and oxygen atoms in total. The zero-order valence-electron chi connectivity index (χ0n) is 12.9. The third kappa shape index (κ3) is 3.31. The molecule has 2 rings (SSSR count). The van der Waals surface area contributed by atoms with Crippen LogP contribution in [0.15, 0.2) is 29.1 Å². The molecule has 1 aromatic carbocycles. The van der Waals surface area contributed by atoms with E-state index >= 15 is 0 Å². The van der Waals surface area contributed by atoms with Crippen molar-refractivity contribution in [3.8, 4) is 6.07 Å². The lowest BCUT2D eigenvalue weighted by Gasteiger charge is -2.18. The minimum atomic E-state index is -4.63. The van der Waals surface area contributed by atoms with Gasteiger partial charge in [0.05, 0.1) is 23.9 Å². The summed E-state index contributed by atoms with van der Waals surface area (Å²) in [6.45, 7) is 2.64. The van der Waals surface area contributed by atoms with Gasteiger partial charge in [0.15, 0.2) is 0 Å². The Hall–Kier alpha value is -2.66. The second-order valence-electron chi connectivity index (χ2n) is 5.29. The first-order chi connectivity index (χ1) is 11.2. The highest BCUT2D eigenvalue weighted by Gasteiger charge is 2.34. The molecule has 1 atom stereocenters. The standard InChI is InChI=1S/C16H14F3N3O2/c1-9-10(2)21-22(15(24)12(9)7-20)8-14(23)11-5-3-4-6-13(11)16(17,18)19/h3-6,14,23H,8H2,1-2H3/t14-/m1/s1. The van der Waals surface area contributed by atoms with Crippen LogP contribution in [0.5, 0.6) is 0 Å². The minimum absolute atomic E-state index is 0.140. The summed E-state index contributed by atoms with van der Waals surface area (Å²) in [5.74, 6) is 0. The van der Waals surface area contributed by atoms with Crippen LogP contribution < -0.4 is 5.56 Å². The van der Waals surface area contributed by atoms with Gasteiger partial charge in [-0.3, -0.25) is 4.79 Å². The van der Waals surface area contributed by atoms with Crippen molar-refractivity contribution in [1.82, 2.24) is 9.78 Å². The predicted molar refractivity (Wildman–Crippen MR) is 79.1 cm³/mol. The fourth-order valence-electron chi connectivity index (χ4n) is 2.34. The lowest BCUT2D eigenvalue weighted by atomic mass is 10.0. The van der Waals surface area contributed by atoms with E-state index in [0.29, 0.717) is 11.3 Å². The van der Waals surface area contributed by atoms with Crippen LogP contribution in [-0.4, -0.2) is 14.9 Å². The fourth-order valence-corrected chi connectivity index (χ4v) is 2.34. The van der Waals surface area contributed by atoms with Crippen LogP contribution in [0.4, 0.5) is 13.2 Å². The summed E-state index contributed by atoms with van der Waals surface area (Å²) in [5, 5.41) is 23.2. The summed E-state index contributed by atoms with van der Waals surface area (Å²) in [6.07, 6.45) is -6.22. The van der Waals surface area contributed by atoms with Crippen molar-refractivity contribution in [2.24, 2.45) is 0 Å². The molecule has 0 spiro atoms. The number of aliphatic hydroxyl groups excluding tert-OH is 1. The maximum atomic E-state index is 13.0. The third-order valence-corrected chi connectivity index (χ3v) is 3.72. The number of nitriles is 1. The van der Waals surface area contributed by atoms with Crippen LogP contribution in [0, 0.1) is 25.2 Å². The third-order valence-electron chi connectivity index (χ3n) is 3.72. The highest BCUT2D eigenvalue weighted by atomic mass is 19.4. The zero-order chi connectivity index (χ0) is 18.1. The number of alkyl halides is 3. The van der Waals surface area contributed by atoms with Crippen molar-refractivity contribution in [3.63, 3.8) is 0 Å². The van der Waals surface area contributed by atoms with Crippen LogP contribution in [0.25, 0.3) is 0 Å². The summed E-state index contributed by atoms with van der Waals surface area (Å²) in [7, 11) is 0. The van der Waals surface area contributed by atoms with Crippen molar-refractivity contribution in [2.75, 3.05) is 0 Å². The van der Waals surface area contributed by atoms with Gasteiger partial charge < -0.3 is 5.11 Å². The van der Waals surface area contributed by atoms with Gasteiger partial charge in [-0.1, -0.05) is 18.2 Å². The van der Waals surface area contributed by atoms with Gasteiger partial charge in [0.2, 0.25) is 0 Å². The van der Waals surface area contributed by atoms with Gasteiger partial charge in [0.25, 0.3) is 5.56 Å². The molecule has 0 amide bonds. The minimum Gasteiger partial charge on any atom is -0.386 e. The first-order valence-electron chi connectivity index (χ1n) is 6.99. The van der Waals surface area contributed by atoms with Gasteiger partial charge in [-0.05, 0) is 31.0 Å². The van der Waals surface area contributed by atoms with Gasteiger partial charge in [-0.2, -0.15) is 23.5 Å². The van der Waals surface area contributed by atoms with Gasteiger partial charge in [-0.15, -0.1) is 0 Å². The van der Waals surface area contributed by atoms with Crippen molar-refractivity contribution in [2.45, 2.75) is 32.7 Å². The molecule has 0 saturated heterocycles. The molecule has 126 valence electrons. The van der Waals surface area contributed by atoms with Crippen molar-refractivity contribution in [3.05, 3.63) is 62.6 Å². The normalized spacial score (nSPS) is 12.7. The molecular formula is C16H14F3N3O2. The summed E-state index contributed by atoms with van der Waals surface area (Å²) < 4.78 is 39.9. The number of aryl methyl sites for hydroxylation is 1. The maximum absolute atomic E-state index is 13.0. The number of rotatable bonds is 3. The Morgan fingerprint density at radius 2 is 1.96 bits per heavy atom. The summed E-state index contributed by atoms with van der Waals surface area (Å²) in [4.78, 5) is 12.2. The number of hydrogen-bond acceptors (Lipinski definition) is 4. The molecule has 8 heteroatoms. The molecule has 0 aliphatic rings. The van der Waals surface area contributed by atoms with Crippen molar-refractivity contribution < 1.29 is 18.3 Å². The largest absolute Gasteiger partial charge is 0.416 e. The molecule has 24 heavy (non-hydrogen) atoms. The topological polar surface area (TPSA) is 78.9 Å². The Morgan fingerprint density at radius 1 is 1.33 bits per heavy atom. The molecule has 0 fully saturated rings. The SMILES string of the molecule is Cc1nn(C[C@@H](O)c2ccccc2C(F)(F)F)c(=O)c(C#N)c1C. The molecule has 1 N–H and O–H groups in total. The Bertz CT molecular complexity index is 866. The molecular weight excluding hydrogens is 323 g/mol. The van der Waals surface area contributed by atoms with Crippen LogP contribution in [0.3, 0.4) is 0 Å². The predicted octanol–water partition coefficient (Wildman–Crippen LogP) is 2.48. The van der Waals surface area contributed by atoms with Crippen LogP contribution in [0.1, 0.15) is 34.1 Å². The van der Waals surface area contributed by atoms with E-state index in [4.69, 9.17) is 5.26 Å². The molecule has 0 aliphatic carbocycles. The van der Waals surface area contributed by atoms with Crippen LogP contribution in [-0.2, 0) is 12.7 Å². The van der Waals surface area contributed by atoms with E-state index < -0.39 is 29.9 Å². The molecule has 1 aromatic heterocycles. The molecule has 2 aromatic rings. The van der Waals surface area contributed by atoms with Crippen molar-refractivity contribution >= 4 is 0 Å². The second kappa shape index (κ2) is 6.45. The Morgan fingerprint density at radius 3 is 2.54 bits per heavy atom. The van der Waals surface area contributed by atoms with Gasteiger partial charge in [-0.25, -0.2) is 4.68 Å². The number of halogens is 3. The molecule has 0 bridgehead atoms. The van der Waals surface area contributed by atoms with E-state index in [9.17, 15) is 23.1 Å². The summed E-state index contributed by atoms with van der Waals surface area (Å²) >= 11 is 0. The Labute approximate surface area is 135 Å². The number of aromatic nitrogens is 2. The first-order valence-corrected chi connectivity index (χ1v) is 6.99. The monoisotopic (exact) mass is 337 g/mol. The average Bonchev–Trinajstić information content (AvgIpc) is 2.52. The van der Waals surface area contributed by atoms with E-state index in [0.717, 1.165) is 16.8 Å². The number of nitrogens with zero attached hydrogens (tertiary/aromatic N) is 3. The Balaban J connectivity index is 2.46. The van der Waals surface area contributed by atoms with Crippen LogP contribution in [0.2, 0.25) is 0 Å². The van der Waals surface area contributed by atoms with E-state index in [1.54, 1.807) is 19.9 Å². The lowest BCUT2D eigenvalue weighted by Crippen LogP contribution is -2.30. The maximum Gasteiger partial charge on any atom is 0.416 e. The number of hydrogen-bond donors (Lipinski definition) is 1. The van der Waals surface area contributed by atoms with Crippen LogP contribution >= 0.6 is 0 Å². The summed E-state index contributed by atoms with van der Waals surface area (Å²) in [6, 6.07) is 6.34. The summed E-state index contributed by atoms with van der Waals surface area (Å²) in [5.41, 5.74) is -1.42. The number of aliphatic hydroxyl groups is 1. The molecule has 1 heterocycles. The van der Waals surface area contributed by atoms with Gasteiger partial charge >= 0.3 is 6.18 Å². The van der Waals surface area contributed by atoms with Crippen molar-refractivity contribution in [1.29, 1.82) is 5.26 Å². The first kappa shape index (κ1) is 17.7. The lowest BCUT2D eigenvalue weighted by molar-refractivity contribution is -0.139. The average molecular weight is 337 g/mol. The van der Waals surface area contributed by atoms with E-state index in [1.165, 1.54) is 12.1 Å². The highest BCUT2D eigenvalue weighted by molar-refractivity contribution is 5.36. The quantitative estimate of drug-likeness (QED) is 0.933. The smallest absolute Gasteiger partial charge is 0.386 e. The van der Waals surface area contributed by atoms with E-state index in [2.05, 4.69) is 5.10 Å². The molecule has 0 aliphatic heterocycles. The van der Waals surface area contributed by atoms with E-state index in [1.807, 2.05) is 0 Å². The van der Waals surface area contributed by atoms with Gasteiger partial charge in [0.1, 0.15) is 11.6 Å². The number of benzene rings is 1. The molecule has 0 unspecified atom stereocenters. The highest BCUT2D eigenvalue weighted by Crippen LogP contribution is 2.34. The van der Waals surface area contributed by atoms with E-state index in [-0.39, 0.29) is 11.1 Å². The van der Waals surface area contributed by atoms with Gasteiger partial charge in [0, 0.05) is 0 Å². The second-order valence-corrected chi connectivity index (χ2v) is 5.29. The zero-order valence-corrected chi connectivity index (χ0v) is 12.9. The molecule has 0 saturated carbocycles. The fraction of sp³-hybridized carbons (Fsp3) is 0.312.